The average molecular weight is 342 g/mol. The second kappa shape index (κ2) is 5.34. The predicted molar refractivity (Wildman–Crippen MR) is 93.6 cm³/mol. The van der Waals surface area contributed by atoms with Crippen molar-refractivity contribution in [2.45, 2.75) is 26.2 Å². The van der Waals surface area contributed by atoms with Crippen molar-refractivity contribution in [3.63, 3.8) is 0 Å². The number of carbonyl (C=O) groups excluding carboxylic acids is 1. The van der Waals surface area contributed by atoms with Crippen LogP contribution in [0, 0.1) is 0 Å². The molecule has 0 aliphatic carbocycles. The van der Waals surface area contributed by atoms with Gasteiger partial charge in [0.15, 0.2) is 22.7 Å². The lowest BCUT2D eigenvalue weighted by molar-refractivity contribution is 0.111. The van der Waals surface area contributed by atoms with Gasteiger partial charge in [0.25, 0.3) is 0 Å². The molecule has 0 atom stereocenters. The molecule has 0 spiro atoms. The highest BCUT2D eigenvalue weighted by molar-refractivity contribution is 7.15. The zero-order chi connectivity index (χ0) is 16.9. The van der Waals surface area contributed by atoms with Crippen molar-refractivity contribution in [3.8, 4) is 22.8 Å². The standard InChI is InChI=1S/C18H18N2O3S/c1-18(2,3)15-10-24-17-19-16(12(9-21)20(15)17)11-4-5-13-14(8-11)23-7-6-22-13/h4-5,8-10H,6-7H2,1-3H3. The van der Waals surface area contributed by atoms with E-state index >= 15 is 0 Å². The van der Waals surface area contributed by atoms with E-state index in [9.17, 15) is 4.79 Å². The van der Waals surface area contributed by atoms with Crippen LogP contribution in [0.5, 0.6) is 11.5 Å². The molecule has 1 aliphatic heterocycles. The largest absolute Gasteiger partial charge is 0.486 e. The number of benzene rings is 1. The van der Waals surface area contributed by atoms with E-state index in [4.69, 9.17) is 14.5 Å². The normalized spacial score (nSPS) is 14.1. The van der Waals surface area contributed by atoms with Gasteiger partial charge in [-0.1, -0.05) is 20.8 Å². The summed E-state index contributed by atoms with van der Waals surface area (Å²) in [6.07, 6.45) is 0.883. The number of nitrogens with zero attached hydrogens (tertiary/aromatic N) is 2. The lowest BCUT2D eigenvalue weighted by Crippen LogP contribution is -2.15. The number of hydrogen-bond acceptors (Lipinski definition) is 5. The van der Waals surface area contributed by atoms with Crippen LogP contribution in [-0.2, 0) is 5.41 Å². The third-order valence-electron chi connectivity index (χ3n) is 4.09. The van der Waals surface area contributed by atoms with Gasteiger partial charge >= 0.3 is 0 Å². The van der Waals surface area contributed by atoms with Crippen molar-refractivity contribution in [1.29, 1.82) is 0 Å². The molecular weight excluding hydrogens is 324 g/mol. The molecule has 6 heteroatoms. The third kappa shape index (κ3) is 2.29. The van der Waals surface area contributed by atoms with Crippen molar-refractivity contribution in [2.24, 2.45) is 0 Å². The van der Waals surface area contributed by atoms with Crippen LogP contribution in [0.3, 0.4) is 0 Å². The zero-order valence-electron chi connectivity index (χ0n) is 13.8. The molecule has 0 amide bonds. The first-order chi connectivity index (χ1) is 11.5. The molecule has 0 saturated carbocycles. The third-order valence-corrected chi connectivity index (χ3v) is 4.92. The van der Waals surface area contributed by atoms with Gasteiger partial charge < -0.3 is 9.47 Å². The Kier molecular flexibility index (Phi) is 3.38. The maximum Gasteiger partial charge on any atom is 0.195 e. The minimum atomic E-state index is -0.0687. The summed E-state index contributed by atoms with van der Waals surface area (Å²) in [7, 11) is 0. The van der Waals surface area contributed by atoms with Crippen LogP contribution in [0.2, 0.25) is 0 Å². The van der Waals surface area contributed by atoms with E-state index in [-0.39, 0.29) is 5.41 Å². The van der Waals surface area contributed by atoms with E-state index < -0.39 is 0 Å². The fraction of sp³-hybridized carbons (Fsp3) is 0.333. The molecule has 0 radical (unpaired) electrons. The highest BCUT2D eigenvalue weighted by atomic mass is 32.1. The lowest BCUT2D eigenvalue weighted by Gasteiger charge is -2.19. The smallest absolute Gasteiger partial charge is 0.195 e. The van der Waals surface area contributed by atoms with Crippen molar-refractivity contribution in [3.05, 3.63) is 35.0 Å². The summed E-state index contributed by atoms with van der Waals surface area (Å²) >= 11 is 1.55. The number of thiazole rings is 1. The Morgan fingerprint density at radius 1 is 1.21 bits per heavy atom. The molecule has 124 valence electrons. The maximum atomic E-state index is 11.8. The predicted octanol–water partition coefficient (Wildman–Crippen LogP) is 3.94. The average Bonchev–Trinajstić information content (AvgIpc) is 3.12. The number of ether oxygens (including phenoxy) is 2. The second-order valence-electron chi connectivity index (χ2n) is 6.81. The first kappa shape index (κ1) is 15.2. The molecule has 0 bridgehead atoms. The number of imidazole rings is 1. The molecule has 0 saturated heterocycles. The molecule has 1 aliphatic rings. The van der Waals surface area contributed by atoms with Crippen molar-refractivity contribution in [1.82, 2.24) is 9.38 Å². The van der Waals surface area contributed by atoms with E-state index in [0.29, 0.717) is 30.4 Å². The van der Waals surface area contributed by atoms with Crippen LogP contribution in [-0.4, -0.2) is 28.9 Å². The number of rotatable bonds is 2. The Bertz CT molecular complexity index is 934. The SMILES string of the molecule is CC(C)(C)c1csc2nc(-c3ccc4c(c3)OCCO4)c(C=O)n12. The van der Waals surface area contributed by atoms with Crippen molar-refractivity contribution in [2.75, 3.05) is 13.2 Å². The highest BCUT2D eigenvalue weighted by Crippen LogP contribution is 2.37. The second-order valence-corrected chi connectivity index (χ2v) is 7.65. The van der Waals surface area contributed by atoms with Gasteiger partial charge in [-0.05, 0) is 18.2 Å². The molecule has 3 heterocycles. The van der Waals surface area contributed by atoms with Crippen LogP contribution in [0.25, 0.3) is 16.2 Å². The summed E-state index contributed by atoms with van der Waals surface area (Å²) in [5, 5.41) is 2.07. The van der Waals surface area contributed by atoms with E-state index in [1.165, 1.54) is 0 Å². The Balaban J connectivity index is 1.91. The monoisotopic (exact) mass is 342 g/mol. The zero-order valence-corrected chi connectivity index (χ0v) is 14.6. The first-order valence-corrected chi connectivity index (χ1v) is 8.72. The van der Waals surface area contributed by atoms with Crippen LogP contribution < -0.4 is 9.47 Å². The summed E-state index contributed by atoms with van der Waals surface area (Å²) in [4.78, 5) is 17.3. The molecule has 3 aromatic rings. The maximum absolute atomic E-state index is 11.8. The fourth-order valence-corrected chi connectivity index (χ4v) is 4.03. The summed E-state index contributed by atoms with van der Waals surface area (Å²) in [5.41, 5.74) is 3.13. The molecule has 4 rings (SSSR count). The minimum Gasteiger partial charge on any atom is -0.486 e. The molecule has 1 aromatic carbocycles. The van der Waals surface area contributed by atoms with Crippen LogP contribution in [0.1, 0.15) is 37.0 Å². The molecule has 0 N–H and O–H groups in total. The van der Waals surface area contributed by atoms with Crippen LogP contribution in [0.15, 0.2) is 23.6 Å². The number of carbonyl (C=O) groups is 1. The summed E-state index contributed by atoms with van der Waals surface area (Å²) in [6, 6.07) is 5.69. The Morgan fingerprint density at radius 3 is 2.67 bits per heavy atom. The molecular formula is C18H18N2O3S. The van der Waals surface area contributed by atoms with E-state index in [1.807, 2.05) is 22.6 Å². The van der Waals surface area contributed by atoms with E-state index in [0.717, 1.165) is 28.3 Å². The lowest BCUT2D eigenvalue weighted by atomic mass is 9.93. The van der Waals surface area contributed by atoms with E-state index in [1.54, 1.807) is 11.3 Å². The molecule has 5 nitrogen and oxygen atoms in total. The summed E-state index contributed by atoms with van der Waals surface area (Å²) in [6.45, 7) is 7.48. The van der Waals surface area contributed by atoms with E-state index in [2.05, 4.69) is 26.2 Å². The van der Waals surface area contributed by atoms with Crippen molar-refractivity contribution < 1.29 is 14.3 Å². The molecule has 24 heavy (non-hydrogen) atoms. The van der Waals surface area contributed by atoms with Crippen LogP contribution >= 0.6 is 11.3 Å². The quantitative estimate of drug-likeness (QED) is 0.662. The number of aldehydes is 1. The minimum absolute atomic E-state index is 0.0687. The number of aromatic nitrogens is 2. The van der Waals surface area contributed by atoms with Gasteiger partial charge in [-0.15, -0.1) is 11.3 Å². The van der Waals surface area contributed by atoms with Gasteiger partial charge in [0, 0.05) is 22.1 Å². The van der Waals surface area contributed by atoms with Crippen molar-refractivity contribution >= 4 is 22.6 Å². The van der Waals surface area contributed by atoms with Crippen LogP contribution in [0.4, 0.5) is 0 Å². The first-order valence-electron chi connectivity index (χ1n) is 7.84. The molecule has 0 unspecified atom stereocenters. The van der Waals surface area contributed by atoms with Gasteiger partial charge in [-0.3, -0.25) is 9.20 Å². The Labute approximate surface area is 143 Å². The van der Waals surface area contributed by atoms with Gasteiger partial charge in [0.1, 0.15) is 24.6 Å². The molecule has 0 fully saturated rings. The highest BCUT2D eigenvalue weighted by Gasteiger charge is 2.25. The fourth-order valence-electron chi connectivity index (χ4n) is 2.91. The Morgan fingerprint density at radius 2 is 1.96 bits per heavy atom. The van der Waals surface area contributed by atoms with Gasteiger partial charge in [-0.25, -0.2) is 4.98 Å². The number of fused-ring (bicyclic) bond motifs is 2. The van der Waals surface area contributed by atoms with Gasteiger partial charge in [-0.2, -0.15) is 0 Å². The number of hydrogen-bond donors (Lipinski definition) is 0. The molecule has 2 aromatic heterocycles. The van der Waals surface area contributed by atoms with Gasteiger partial charge in [0.05, 0.1) is 0 Å². The Hall–Kier alpha value is -2.34. The van der Waals surface area contributed by atoms with Gasteiger partial charge in [0.2, 0.25) is 0 Å². The summed E-state index contributed by atoms with van der Waals surface area (Å²) in [5.74, 6) is 1.43. The summed E-state index contributed by atoms with van der Waals surface area (Å²) < 4.78 is 13.2. The topological polar surface area (TPSA) is 52.8 Å².